The minimum Gasteiger partial charge on any atom is -0.383 e. The van der Waals surface area contributed by atoms with Crippen LogP contribution in [0.15, 0.2) is 12.1 Å². The highest BCUT2D eigenvalue weighted by Crippen LogP contribution is 2.42. The minimum atomic E-state index is 0.196. The van der Waals surface area contributed by atoms with Gasteiger partial charge in [0.2, 0.25) is 0 Å². The first-order chi connectivity index (χ1) is 9.36. The Morgan fingerprint density at radius 1 is 1.35 bits per heavy atom. The minimum absolute atomic E-state index is 0.196. The van der Waals surface area contributed by atoms with Gasteiger partial charge in [0.05, 0.1) is 0 Å². The number of benzene rings is 1. The average Bonchev–Trinajstić information content (AvgIpc) is 2.37. The molecule has 2 heteroatoms. The number of anilines is 2. The van der Waals surface area contributed by atoms with E-state index >= 15 is 0 Å². The first-order valence-electron chi connectivity index (χ1n) is 8.07. The van der Waals surface area contributed by atoms with Gasteiger partial charge in [0, 0.05) is 23.0 Å². The third kappa shape index (κ3) is 3.11. The van der Waals surface area contributed by atoms with Gasteiger partial charge < -0.3 is 10.6 Å². The Labute approximate surface area is 124 Å². The van der Waals surface area contributed by atoms with Gasteiger partial charge in [-0.2, -0.15) is 0 Å². The number of aryl methyl sites for hydroxylation is 1. The Morgan fingerprint density at radius 2 is 2.05 bits per heavy atom. The lowest BCUT2D eigenvalue weighted by Gasteiger charge is -2.39. The van der Waals surface area contributed by atoms with Gasteiger partial charge in [-0.3, -0.25) is 0 Å². The molecule has 20 heavy (non-hydrogen) atoms. The molecule has 1 heterocycles. The van der Waals surface area contributed by atoms with E-state index in [-0.39, 0.29) is 5.54 Å². The maximum Gasteiger partial charge on any atom is 0.0413 e. The molecule has 0 bridgehead atoms. The Bertz CT molecular complexity index is 477. The fraction of sp³-hybridized carbons (Fsp3) is 0.667. The Kier molecular flexibility index (Phi) is 4.31. The number of hydrogen-bond acceptors (Lipinski definition) is 2. The molecule has 0 saturated heterocycles. The first-order valence-corrected chi connectivity index (χ1v) is 8.07. The summed E-state index contributed by atoms with van der Waals surface area (Å²) >= 11 is 0. The molecule has 2 atom stereocenters. The largest absolute Gasteiger partial charge is 0.383 e. The van der Waals surface area contributed by atoms with Crippen LogP contribution in [-0.4, -0.2) is 11.6 Å². The summed E-state index contributed by atoms with van der Waals surface area (Å²) in [5.74, 6) is 0.616. The van der Waals surface area contributed by atoms with Crippen molar-refractivity contribution in [1.29, 1.82) is 0 Å². The smallest absolute Gasteiger partial charge is 0.0413 e. The second-order valence-electron chi connectivity index (χ2n) is 7.02. The van der Waals surface area contributed by atoms with Gasteiger partial charge in [-0.05, 0) is 69.2 Å². The summed E-state index contributed by atoms with van der Waals surface area (Å²) in [6.07, 6.45) is 3.42. The molecule has 0 amide bonds. The highest BCUT2D eigenvalue weighted by Gasteiger charge is 2.30. The molecule has 2 rings (SSSR count). The van der Waals surface area contributed by atoms with Crippen LogP contribution in [0.25, 0.3) is 0 Å². The van der Waals surface area contributed by atoms with E-state index in [0.29, 0.717) is 12.0 Å². The predicted molar refractivity (Wildman–Crippen MR) is 89.9 cm³/mol. The van der Waals surface area contributed by atoms with E-state index in [1.807, 2.05) is 0 Å². The second kappa shape index (κ2) is 5.67. The van der Waals surface area contributed by atoms with Crippen LogP contribution in [0.5, 0.6) is 0 Å². The maximum atomic E-state index is 3.75. The van der Waals surface area contributed by atoms with Crippen molar-refractivity contribution in [2.75, 3.05) is 10.6 Å². The fourth-order valence-corrected chi connectivity index (χ4v) is 3.28. The van der Waals surface area contributed by atoms with E-state index < -0.39 is 0 Å². The van der Waals surface area contributed by atoms with Crippen molar-refractivity contribution in [2.24, 2.45) is 0 Å². The molecule has 0 saturated carbocycles. The molecule has 0 spiro atoms. The van der Waals surface area contributed by atoms with Crippen LogP contribution in [0.4, 0.5) is 11.4 Å². The molecule has 1 aliphatic heterocycles. The zero-order valence-corrected chi connectivity index (χ0v) is 13.9. The summed E-state index contributed by atoms with van der Waals surface area (Å²) in [7, 11) is 0. The molecular weight excluding hydrogens is 244 g/mol. The lowest BCUT2D eigenvalue weighted by atomic mass is 9.80. The van der Waals surface area contributed by atoms with Crippen molar-refractivity contribution in [2.45, 2.75) is 78.3 Å². The van der Waals surface area contributed by atoms with Gasteiger partial charge in [-0.15, -0.1) is 0 Å². The Balaban J connectivity index is 2.41. The third-order valence-corrected chi connectivity index (χ3v) is 4.47. The average molecular weight is 274 g/mol. The standard InChI is InChI=1S/C18H30N2/c1-7-13(4)19-15-9-14(8-2)17-16(10-15)12(3)11-18(5,6)20-17/h9-10,12-13,19-20H,7-8,11H2,1-6H3. The van der Waals surface area contributed by atoms with Crippen LogP contribution in [0.2, 0.25) is 0 Å². The highest BCUT2D eigenvalue weighted by molar-refractivity contribution is 5.68. The topological polar surface area (TPSA) is 24.1 Å². The lowest BCUT2D eigenvalue weighted by Crippen LogP contribution is -2.37. The molecule has 0 fully saturated rings. The van der Waals surface area contributed by atoms with Gasteiger partial charge in [-0.1, -0.05) is 20.8 Å². The van der Waals surface area contributed by atoms with Crippen molar-refractivity contribution in [3.63, 3.8) is 0 Å². The summed E-state index contributed by atoms with van der Waals surface area (Å²) in [4.78, 5) is 0. The summed E-state index contributed by atoms with van der Waals surface area (Å²) in [6, 6.07) is 5.21. The summed E-state index contributed by atoms with van der Waals surface area (Å²) in [5.41, 5.74) is 5.78. The van der Waals surface area contributed by atoms with E-state index in [0.717, 1.165) is 12.8 Å². The SMILES string of the molecule is CCc1cc(NC(C)CC)cc2c1NC(C)(C)CC2C. The Hall–Kier alpha value is -1.18. The first kappa shape index (κ1) is 15.2. The van der Waals surface area contributed by atoms with E-state index in [1.54, 1.807) is 0 Å². The van der Waals surface area contributed by atoms with Gasteiger partial charge in [-0.25, -0.2) is 0 Å². The van der Waals surface area contributed by atoms with Crippen molar-refractivity contribution >= 4 is 11.4 Å². The molecule has 2 unspecified atom stereocenters. The number of rotatable bonds is 4. The summed E-state index contributed by atoms with van der Waals surface area (Å²) in [5, 5.41) is 7.38. The van der Waals surface area contributed by atoms with Crippen molar-refractivity contribution in [3.05, 3.63) is 23.3 Å². The van der Waals surface area contributed by atoms with Gasteiger partial charge in [0.25, 0.3) is 0 Å². The van der Waals surface area contributed by atoms with Crippen molar-refractivity contribution < 1.29 is 0 Å². The molecule has 0 aromatic heterocycles. The molecule has 0 radical (unpaired) electrons. The van der Waals surface area contributed by atoms with E-state index in [2.05, 4.69) is 64.3 Å². The number of nitrogens with one attached hydrogen (secondary N) is 2. The highest BCUT2D eigenvalue weighted by atomic mass is 15.0. The Morgan fingerprint density at radius 3 is 2.65 bits per heavy atom. The van der Waals surface area contributed by atoms with Crippen LogP contribution in [0, 0.1) is 0 Å². The lowest BCUT2D eigenvalue weighted by molar-refractivity contribution is 0.453. The summed E-state index contributed by atoms with van der Waals surface area (Å²) in [6.45, 7) is 13.7. The van der Waals surface area contributed by atoms with E-state index in [4.69, 9.17) is 0 Å². The van der Waals surface area contributed by atoms with Crippen molar-refractivity contribution in [1.82, 2.24) is 0 Å². The van der Waals surface area contributed by atoms with Gasteiger partial charge in [0.15, 0.2) is 0 Å². The molecule has 2 N–H and O–H groups in total. The zero-order valence-electron chi connectivity index (χ0n) is 13.9. The maximum absolute atomic E-state index is 3.75. The quantitative estimate of drug-likeness (QED) is 0.792. The van der Waals surface area contributed by atoms with Crippen LogP contribution in [-0.2, 0) is 6.42 Å². The number of hydrogen-bond donors (Lipinski definition) is 2. The van der Waals surface area contributed by atoms with E-state index in [1.165, 1.54) is 28.9 Å². The van der Waals surface area contributed by atoms with E-state index in [9.17, 15) is 0 Å². The molecular formula is C18H30N2. The molecule has 1 aromatic carbocycles. The van der Waals surface area contributed by atoms with Crippen LogP contribution in [0.3, 0.4) is 0 Å². The fourth-order valence-electron chi connectivity index (χ4n) is 3.28. The molecule has 1 aliphatic rings. The number of fused-ring (bicyclic) bond motifs is 1. The van der Waals surface area contributed by atoms with Gasteiger partial charge in [0.1, 0.15) is 0 Å². The van der Waals surface area contributed by atoms with Gasteiger partial charge >= 0.3 is 0 Å². The zero-order chi connectivity index (χ0) is 14.9. The predicted octanol–water partition coefficient (Wildman–Crippen LogP) is 5.16. The summed E-state index contributed by atoms with van der Waals surface area (Å²) < 4.78 is 0. The van der Waals surface area contributed by atoms with Crippen LogP contribution in [0.1, 0.15) is 71.4 Å². The molecule has 2 nitrogen and oxygen atoms in total. The van der Waals surface area contributed by atoms with Crippen LogP contribution < -0.4 is 10.6 Å². The van der Waals surface area contributed by atoms with Crippen molar-refractivity contribution in [3.8, 4) is 0 Å². The molecule has 0 aliphatic carbocycles. The molecule has 112 valence electrons. The third-order valence-electron chi connectivity index (χ3n) is 4.47. The second-order valence-corrected chi connectivity index (χ2v) is 7.02. The normalized spacial score (nSPS) is 21.8. The molecule has 1 aromatic rings. The van der Waals surface area contributed by atoms with Crippen LogP contribution >= 0.6 is 0 Å². The monoisotopic (exact) mass is 274 g/mol.